The molecule has 0 spiro atoms. The summed E-state index contributed by atoms with van der Waals surface area (Å²) in [5.74, 6) is -8.31. The molecule has 4 heterocycles. The Morgan fingerprint density at radius 1 is 0.290 bits per heavy atom. The first-order chi connectivity index (χ1) is 51.6. The fourth-order valence-electron chi connectivity index (χ4n) is 10.7. The average molecular weight is 1560 g/mol. The number of aromatic nitrogens is 9. The summed E-state index contributed by atoms with van der Waals surface area (Å²) in [6.45, 7) is 8.23. The van der Waals surface area contributed by atoms with Crippen LogP contribution in [0.25, 0.3) is 114 Å². The Kier molecular flexibility index (Phi) is 22.9. The standard InChI is InChI=1S/C28H14F4N4.C27H26BN3O2.C21H14BrN3.C7BrF4N.H2/c29-22-20(15-33)23(30)25(32)21(24(22)31)16-11-13-19(14-12-16)28-35-26(17-7-3-1-4-8-17)34-27(36-28)18-9-5-2-6-10-18;1-26(2)27(3,4)33-28(32-26)22-17-15-21(16-18-22)25-30-23(19-11-7-5-8-12-19)29-24(31-25)20-13-9-6-10-14-20;22-18-13-11-17(12-14-18)21-24-19(15-7-3-1-4-8-15)23-20(25-21)16-9-5-2-6-10-16;8-3-6(11)4(9)2(1-13)5(10)7(3)12;/h1-14H;5-18H,1-4H3;1-14H;;1H. The van der Waals surface area contributed by atoms with Gasteiger partial charge in [-0.15, -0.1) is 0 Å². The number of benzene rings is 11. The Hall–Kier alpha value is -12.2. The minimum absolute atomic E-state index is 0. The van der Waals surface area contributed by atoms with Crippen LogP contribution in [-0.4, -0.2) is 63.2 Å². The maximum absolute atomic E-state index is 14.5. The lowest BCUT2D eigenvalue weighted by Crippen LogP contribution is -2.41. The molecule has 0 radical (unpaired) electrons. The van der Waals surface area contributed by atoms with Crippen LogP contribution in [0.15, 0.2) is 264 Å². The molecular weight excluding hydrogens is 1510 g/mol. The van der Waals surface area contributed by atoms with Crippen molar-refractivity contribution in [1.82, 2.24) is 44.9 Å². The lowest BCUT2D eigenvalue weighted by Gasteiger charge is -2.32. The molecule has 0 unspecified atom stereocenters. The van der Waals surface area contributed by atoms with Crippen LogP contribution in [0.4, 0.5) is 35.1 Å². The third kappa shape index (κ3) is 16.8. The van der Waals surface area contributed by atoms with Crippen LogP contribution in [0.3, 0.4) is 0 Å². The van der Waals surface area contributed by atoms with Crippen LogP contribution < -0.4 is 5.46 Å². The van der Waals surface area contributed by atoms with Gasteiger partial charge in [-0.3, -0.25) is 0 Å². The number of hydrogen-bond acceptors (Lipinski definition) is 13. The van der Waals surface area contributed by atoms with E-state index in [1.165, 1.54) is 24.3 Å². The molecule has 0 atom stereocenters. The third-order valence-electron chi connectivity index (χ3n) is 17.0. The van der Waals surface area contributed by atoms with Crippen molar-refractivity contribution < 1.29 is 45.9 Å². The number of rotatable bonds is 11. The van der Waals surface area contributed by atoms with Gasteiger partial charge in [0.05, 0.1) is 21.2 Å². The van der Waals surface area contributed by atoms with Crippen LogP contribution in [0.5, 0.6) is 0 Å². The Balaban J connectivity index is 0.000000150. The molecule has 14 aromatic rings. The molecular formula is C83H56BBr2F8N11O2. The summed E-state index contributed by atoms with van der Waals surface area (Å²) in [6.07, 6.45) is 0. The molecule has 1 fully saturated rings. The Bertz CT molecular complexity index is 5370. The van der Waals surface area contributed by atoms with Gasteiger partial charge in [0.25, 0.3) is 0 Å². The smallest absolute Gasteiger partial charge is 0.399 e. The fraction of sp³-hybridized carbons (Fsp3) is 0.0723. The van der Waals surface area contributed by atoms with E-state index in [1.807, 2.05) is 231 Å². The lowest BCUT2D eigenvalue weighted by atomic mass is 9.79. The van der Waals surface area contributed by atoms with Crippen LogP contribution in [0.1, 0.15) is 40.2 Å². The van der Waals surface area contributed by atoms with E-state index in [0.29, 0.717) is 58.0 Å². The van der Waals surface area contributed by atoms with Gasteiger partial charge < -0.3 is 9.31 Å². The van der Waals surface area contributed by atoms with Gasteiger partial charge in [0, 0.05) is 56.0 Å². The first-order valence-corrected chi connectivity index (χ1v) is 34.3. The molecule has 107 heavy (non-hydrogen) atoms. The van der Waals surface area contributed by atoms with E-state index in [4.69, 9.17) is 44.8 Å². The number of nitrogens with zero attached hydrogens (tertiary/aromatic N) is 11. The van der Waals surface area contributed by atoms with Gasteiger partial charge in [-0.05, 0) is 66.8 Å². The summed E-state index contributed by atoms with van der Waals surface area (Å²) in [7, 11) is -0.401. The second-order valence-corrected chi connectivity index (χ2v) is 26.3. The van der Waals surface area contributed by atoms with E-state index in [9.17, 15) is 35.1 Å². The van der Waals surface area contributed by atoms with E-state index in [2.05, 4.69) is 79.5 Å². The van der Waals surface area contributed by atoms with Crippen LogP contribution in [-0.2, 0) is 9.31 Å². The second-order valence-electron chi connectivity index (χ2n) is 24.6. The Morgan fingerprint density at radius 2 is 0.495 bits per heavy atom. The van der Waals surface area contributed by atoms with Crippen molar-refractivity contribution in [3.05, 3.63) is 321 Å². The zero-order valence-electron chi connectivity index (χ0n) is 56.8. The highest BCUT2D eigenvalue weighted by molar-refractivity contribution is 9.10. The van der Waals surface area contributed by atoms with Gasteiger partial charge >= 0.3 is 7.12 Å². The van der Waals surface area contributed by atoms with Crippen molar-refractivity contribution in [2.75, 3.05) is 0 Å². The number of nitriles is 2. The maximum Gasteiger partial charge on any atom is 0.494 e. The summed E-state index contributed by atoms with van der Waals surface area (Å²) in [5.41, 5.74) is 4.37. The Labute approximate surface area is 628 Å². The first-order valence-electron chi connectivity index (χ1n) is 32.7. The number of hydrogen-bond donors (Lipinski definition) is 0. The molecule has 1 aliphatic rings. The molecule has 1 aliphatic heterocycles. The monoisotopic (exact) mass is 1560 g/mol. The van der Waals surface area contributed by atoms with Gasteiger partial charge in [0.2, 0.25) is 0 Å². The largest absolute Gasteiger partial charge is 0.494 e. The molecule has 528 valence electrons. The third-order valence-corrected chi connectivity index (χ3v) is 18.2. The van der Waals surface area contributed by atoms with Crippen molar-refractivity contribution >= 4 is 44.4 Å². The SMILES string of the molecule is Brc1ccc(-c2nc(-c3ccccc3)nc(-c3ccccc3)n2)cc1.CC1(C)OB(c2ccc(-c3nc(-c4ccccc4)nc(-c4ccccc4)n3)cc2)OC1(C)C.N#Cc1c(F)c(F)c(-c2ccc(-c3nc(-c4ccccc4)nc(-c4ccccc4)n3)cc2)c(F)c1F.N#Cc1c(F)c(F)c(Br)c(F)c1F.[HH]. The molecule has 13 nitrogen and oxygen atoms in total. The molecule has 0 N–H and O–H groups in total. The van der Waals surface area contributed by atoms with Crippen molar-refractivity contribution in [2.24, 2.45) is 0 Å². The zero-order chi connectivity index (χ0) is 75.5. The summed E-state index contributed by atoms with van der Waals surface area (Å²) in [4.78, 5) is 42.1. The molecule has 0 saturated carbocycles. The summed E-state index contributed by atoms with van der Waals surface area (Å²) < 4.78 is 120. The molecule has 3 aromatic heterocycles. The van der Waals surface area contributed by atoms with Crippen molar-refractivity contribution in [1.29, 1.82) is 10.5 Å². The van der Waals surface area contributed by atoms with Crippen molar-refractivity contribution in [2.45, 2.75) is 38.9 Å². The summed E-state index contributed by atoms with van der Waals surface area (Å²) in [5, 5.41) is 17.0. The average Bonchev–Trinajstić information content (AvgIpc) is 1.51. The highest BCUT2D eigenvalue weighted by Crippen LogP contribution is 2.38. The molecule has 11 aromatic carbocycles. The summed E-state index contributed by atoms with van der Waals surface area (Å²) in [6, 6.07) is 82.3. The molecule has 1 saturated heterocycles. The molecule has 0 bridgehead atoms. The second kappa shape index (κ2) is 32.9. The fourth-order valence-corrected chi connectivity index (χ4v) is 11.3. The first kappa shape index (κ1) is 74.5. The van der Waals surface area contributed by atoms with Gasteiger partial charge in [-0.1, -0.05) is 259 Å². The van der Waals surface area contributed by atoms with Gasteiger partial charge in [0.1, 0.15) is 23.3 Å². The van der Waals surface area contributed by atoms with Crippen LogP contribution in [0, 0.1) is 69.2 Å². The molecule has 0 aliphatic carbocycles. The molecule has 24 heteroatoms. The quantitative estimate of drug-likeness (QED) is 0.0517. The normalized spacial score (nSPS) is 12.4. The molecule has 0 amide bonds. The van der Waals surface area contributed by atoms with E-state index >= 15 is 0 Å². The van der Waals surface area contributed by atoms with Gasteiger partial charge in [0.15, 0.2) is 99.0 Å². The Morgan fingerprint density at radius 3 is 0.738 bits per heavy atom. The maximum atomic E-state index is 14.5. The van der Waals surface area contributed by atoms with E-state index in [-0.39, 0.29) is 18.2 Å². The van der Waals surface area contributed by atoms with Gasteiger partial charge in [-0.25, -0.2) is 80.0 Å². The minimum atomic E-state index is -1.74. The van der Waals surface area contributed by atoms with Crippen molar-refractivity contribution in [3.8, 4) is 126 Å². The van der Waals surface area contributed by atoms with Crippen LogP contribution in [0.2, 0.25) is 0 Å². The highest BCUT2D eigenvalue weighted by Gasteiger charge is 2.51. The summed E-state index contributed by atoms with van der Waals surface area (Å²) >= 11 is 5.77. The predicted octanol–water partition coefficient (Wildman–Crippen LogP) is 20.9. The van der Waals surface area contributed by atoms with E-state index in [0.717, 1.165) is 66.6 Å². The van der Waals surface area contributed by atoms with Crippen molar-refractivity contribution in [3.63, 3.8) is 0 Å². The highest BCUT2D eigenvalue weighted by atomic mass is 79.9. The number of halogens is 10. The van der Waals surface area contributed by atoms with Crippen LogP contribution >= 0.6 is 31.9 Å². The minimum Gasteiger partial charge on any atom is -0.399 e. The van der Waals surface area contributed by atoms with Gasteiger partial charge in [-0.2, -0.15) is 10.5 Å². The molecule has 15 rings (SSSR count). The topological polar surface area (TPSA) is 182 Å². The lowest BCUT2D eigenvalue weighted by molar-refractivity contribution is 0.00578. The zero-order valence-corrected chi connectivity index (χ0v) is 60.0. The van der Waals surface area contributed by atoms with E-state index in [1.54, 1.807) is 0 Å². The predicted molar refractivity (Wildman–Crippen MR) is 403 cm³/mol. The van der Waals surface area contributed by atoms with E-state index < -0.39 is 74.8 Å².